The summed E-state index contributed by atoms with van der Waals surface area (Å²) >= 11 is 17.5. The molecule has 18 heavy (non-hydrogen) atoms. The van der Waals surface area contributed by atoms with Gasteiger partial charge in [0.15, 0.2) is 6.61 Å². The molecule has 0 fully saturated rings. The average molecular weight is 312 g/mol. The minimum Gasteiger partial charge on any atom is -0.482 e. The van der Waals surface area contributed by atoms with Crippen molar-refractivity contribution in [2.24, 2.45) is 0 Å². The molecular weight excluding hydrogens is 298 g/mol. The third-order valence-corrected chi connectivity index (χ3v) is 3.05. The summed E-state index contributed by atoms with van der Waals surface area (Å²) in [5.74, 6) is 0.0993. The zero-order valence-corrected chi connectivity index (χ0v) is 12.0. The first kappa shape index (κ1) is 15.4. The smallest absolute Gasteiger partial charge is 0.257 e. The normalized spacial score (nSPS) is 10.2. The average Bonchev–Trinajstić information content (AvgIpc) is 2.32. The van der Waals surface area contributed by atoms with Gasteiger partial charge in [-0.25, -0.2) is 0 Å². The lowest BCUT2D eigenvalue weighted by Gasteiger charge is -2.09. The second kappa shape index (κ2) is 7.69. The van der Waals surface area contributed by atoms with E-state index >= 15 is 0 Å². The molecule has 0 aliphatic rings. The molecule has 1 aromatic carbocycles. The van der Waals surface area contributed by atoms with E-state index in [1.807, 2.05) is 0 Å². The molecule has 0 spiro atoms. The highest BCUT2D eigenvalue weighted by Crippen LogP contribution is 2.33. The Balaban J connectivity index is 2.48. The predicted octanol–water partition coefficient (Wildman–Crippen LogP) is 2.36. The summed E-state index contributed by atoms with van der Waals surface area (Å²) in [6.07, 6.45) is 0. The fourth-order valence-electron chi connectivity index (χ4n) is 1.14. The molecule has 4 nitrogen and oxygen atoms in total. The summed E-state index contributed by atoms with van der Waals surface area (Å²) in [5.41, 5.74) is 0. The molecule has 2 N–H and O–H groups in total. The van der Waals surface area contributed by atoms with Gasteiger partial charge in [0.1, 0.15) is 5.75 Å². The predicted molar refractivity (Wildman–Crippen MR) is 73.9 cm³/mol. The van der Waals surface area contributed by atoms with Crippen molar-refractivity contribution < 1.29 is 9.53 Å². The van der Waals surface area contributed by atoms with Crippen LogP contribution >= 0.6 is 34.8 Å². The van der Waals surface area contributed by atoms with Crippen molar-refractivity contribution in [1.29, 1.82) is 0 Å². The van der Waals surface area contributed by atoms with Crippen LogP contribution in [0.25, 0.3) is 0 Å². The minimum absolute atomic E-state index is 0.124. The highest BCUT2D eigenvalue weighted by molar-refractivity contribution is 6.43. The van der Waals surface area contributed by atoms with Gasteiger partial charge >= 0.3 is 0 Å². The van der Waals surface area contributed by atoms with E-state index in [0.29, 0.717) is 33.9 Å². The zero-order valence-electron chi connectivity index (χ0n) is 9.73. The molecule has 0 aliphatic carbocycles. The van der Waals surface area contributed by atoms with Gasteiger partial charge in [-0.2, -0.15) is 0 Å². The number of carbonyl (C=O) groups is 1. The molecule has 0 radical (unpaired) electrons. The van der Waals surface area contributed by atoms with E-state index in [-0.39, 0.29) is 12.5 Å². The number of rotatable bonds is 6. The Morgan fingerprint density at radius 3 is 2.50 bits per heavy atom. The van der Waals surface area contributed by atoms with Crippen LogP contribution in [0.4, 0.5) is 0 Å². The van der Waals surface area contributed by atoms with Gasteiger partial charge in [0.2, 0.25) is 0 Å². The summed E-state index contributed by atoms with van der Waals surface area (Å²) in [5, 5.41) is 6.56. The Hall–Kier alpha value is -0.680. The first-order valence-electron chi connectivity index (χ1n) is 5.23. The lowest BCUT2D eigenvalue weighted by atomic mass is 10.3. The van der Waals surface area contributed by atoms with Gasteiger partial charge in [-0.15, -0.1) is 0 Å². The Morgan fingerprint density at radius 1 is 1.17 bits per heavy atom. The van der Waals surface area contributed by atoms with Crippen molar-refractivity contribution in [2.45, 2.75) is 0 Å². The molecule has 0 saturated carbocycles. The largest absolute Gasteiger partial charge is 0.482 e. The van der Waals surface area contributed by atoms with Gasteiger partial charge in [-0.1, -0.05) is 34.8 Å². The van der Waals surface area contributed by atoms with E-state index in [9.17, 15) is 4.79 Å². The van der Waals surface area contributed by atoms with Crippen molar-refractivity contribution in [3.05, 3.63) is 27.2 Å². The fourth-order valence-corrected chi connectivity index (χ4v) is 1.73. The molecule has 0 bridgehead atoms. The molecule has 0 aliphatic heterocycles. The molecular formula is C11H13Cl3N2O2. The summed E-state index contributed by atoms with van der Waals surface area (Å²) in [6, 6.07) is 2.95. The summed E-state index contributed by atoms with van der Waals surface area (Å²) < 4.78 is 5.26. The van der Waals surface area contributed by atoms with Gasteiger partial charge in [-0.3, -0.25) is 4.79 Å². The Morgan fingerprint density at radius 2 is 1.83 bits per heavy atom. The van der Waals surface area contributed by atoms with E-state index in [1.165, 1.54) is 12.1 Å². The van der Waals surface area contributed by atoms with Gasteiger partial charge < -0.3 is 15.4 Å². The Kier molecular flexibility index (Phi) is 6.57. The monoisotopic (exact) mass is 310 g/mol. The minimum atomic E-state index is -0.229. The third-order valence-electron chi connectivity index (χ3n) is 2.03. The second-order valence-corrected chi connectivity index (χ2v) is 4.66. The molecule has 0 unspecified atom stereocenters. The van der Waals surface area contributed by atoms with Crippen LogP contribution in [0.1, 0.15) is 0 Å². The van der Waals surface area contributed by atoms with Crippen LogP contribution in [0.5, 0.6) is 5.75 Å². The summed E-state index contributed by atoms with van der Waals surface area (Å²) in [4.78, 5) is 11.4. The van der Waals surface area contributed by atoms with Gasteiger partial charge in [0.25, 0.3) is 5.91 Å². The molecule has 1 amide bonds. The maximum absolute atomic E-state index is 11.4. The lowest BCUT2D eigenvalue weighted by Crippen LogP contribution is -2.33. The van der Waals surface area contributed by atoms with Crippen LogP contribution in [-0.2, 0) is 4.79 Å². The molecule has 7 heteroatoms. The quantitative estimate of drug-likeness (QED) is 0.626. The number of carbonyl (C=O) groups excluding carboxylic acids is 1. The fraction of sp³-hybridized carbons (Fsp3) is 0.364. The van der Waals surface area contributed by atoms with Gasteiger partial charge in [0.05, 0.1) is 15.1 Å². The highest BCUT2D eigenvalue weighted by Gasteiger charge is 2.09. The number of hydrogen-bond donors (Lipinski definition) is 2. The SMILES string of the molecule is CNCCNC(=O)COc1cc(Cl)c(Cl)cc1Cl. The summed E-state index contributed by atoms with van der Waals surface area (Å²) in [7, 11) is 1.80. The molecule has 1 rings (SSSR count). The number of nitrogens with one attached hydrogen (secondary N) is 2. The molecule has 1 aromatic rings. The van der Waals surface area contributed by atoms with Crippen LogP contribution in [0.2, 0.25) is 15.1 Å². The molecule has 100 valence electrons. The zero-order chi connectivity index (χ0) is 13.5. The molecule has 0 atom stereocenters. The molecule has 0 heterocycles. The van der Waals surface area contributed by atoms with Crippen LogP contribution in [0.15, 0.2) is 12.1 Å². The Bertz CT molecular complexity index is 427. The van der Waals surface area contributed by atoms with Crippen molar-refractivity contribution >= 4 is 40.7 Å². The van der Waals surface area contributed by atoms with E-state index in [1.54, 1.807) is 7.05 Å². The van der Waals surface area contributed by atoms with Crippen LogP contribution < -0.4 is 15.4 Å². The first-order valence-corrected chi connectivity index (χ1v) is 6.36. The maximum atomic E-state index is 11.4. The van der Waals surface area contributed by atoms with E-state index < -0.39 is 0 Å². The number of hydrogen-bond acceptors (Lipinski definition) is 3. The van der Waals surface area contributed by atoms with Crippen LogP contribution in [-0.4, -0.2) is 32.7 Å². The molecule has 0 saturated heterocycles. The number of ether oxygens (including phenoxy) is 1. The van der Waals surface area contributed by atoms with E-state index in [0.717, 1.165) is 0 Å². The highest BCUT2D eigenvalue weighted by atomic mass is 35.5. The van der Waals surface area contributed by atoms with Crippen molar-refractivity contribution in [3.63, 3.8) is 0 Å². The number of likely N-dealkylation sites (N-methyl/N-ethyl adjacent to an activating group) is 1. The van der Waals surface area contributed by atoms with Gasteiger partial charge in [0, 0.05) is 19.2 Å². The second-order valence-electron chi connectivity index (χ2n) is 3.44. The topological polar surface area (TPSA) is 50.4 Å². The lowest BCUT2D eigenvalue weighted by molar-refractivity contribution is -0.123. The molecule has 0 aromatic heterocycles. The van der Waals surface area contributed by atoms with Crippen molar-refractivity contribution in [2.75, 3.05) is 26.7 Å². The Labute approximate surface area is 121 Å². The number of amides is 1. The van der Waals surface area contributed by atoms with E-state index in [2.05, 4.69) is 10.6 Å². The van der Waals surface area contributed by atoms with Crippen LogP contribution in [0, 0.1) is 0 Å². The third kappa shape index (κ3) is 4.90. The first-order chi connectivity index (χ1) is 8.54. The van der Waals surface area contributed by atoms with Crippen molar-refractivity contribution in [3.8, 4) is 5.75 Å². The number of benzene rings is 1. The number of halogens is 3. The van der Waals surface area contributed by atoms with E-state index in [4.69, 9.17) is 39.5 Å². The summed E-state index contributed by atoms with van der Waals surface area (Å²) in [6.45, 7) is 1.11. The van der Waals surface area contributed by atoms with Gasteiger partial charge in [-0.05, 0) is 13.1 Å². The van der Waals surface area contributed by atoms with Crippen LogP contribution in [0.3, 0.4) is 0 Å². The van der Waals surface area contributed by atoms with Crippen molar-refractivity contribution in [1.82, 2.24) is 10.6 Å². The standard InChI is InChI=1S/C11H13Cl3N2O2/c1-15-2-3-16-11(17)6-18-10-5-8(13)7(12)4-9(10)14/h4-5,15H,2-3,6H2,1H3,(H,16,17). The maximum Gasteiger partial charge on any atom is 0.257 e.